The number of rotatable bonds is 2. The highest BCUT2D eigenvalue weighted by molar-refractivity contribution is 5.65. The molecule has 0 aliphatic heterocycles. The lowest BCUT2D eigenvalue weighted by Crippen LogP contribution is -2.00. The van der Waals surface area contributed by atoms with E-state index in [9.17, 15) is 0 Å². The number of nitrogens with one attached hydrogen (secondary N) is 1. The Morgan fingerprint density at radius 1 is 1.50 bits per heavy atom. The molecule has 3 N–H and O–H groups in total. The standard InChI is InChI=1S/C8H10N6/c1-14-3-2-7(13-14)12-8-6(9)4-10-5-11-8/h2-5H,9H2,1H3,(H,10,11,12,13). The third-order valence-electron chi connectivity index (χ3n) is 1.70. The number of nitrogens with two attached hydrogens (primary N) is 1. The van der Waals surface area contributed by atoms with Gasteiger partial charge in [0.15, 0.2) is 11.6 Å². The van der Waals surface area contributed by atoms with Crippen molar-refractivity contribution in [3.63, 3.8) is 0 Å². The second-order valence-electron chi connectivity index (χ2n) is 2.83. The van der Waals surface area contributed by atoms with Gasteiger partial charge in [0, 0.05) is 19.3 Å². The van der Waals surface area contributed by atoms with Crippen LogP contribution in [0.15, 0.2) is 24.8 Å². The minimum atomic E-state index is 0.498. The molecule has 0 bridgehead atoms. The van der Waals surface area contributed by atoms with Crippen LogP contribution in [0.1, 0.15) is 0 Å². The van der Waals surface area contributed by atoms with Crippen molar-refractivity contribution in [2.24, 2.45) is 7.05 Å². The molecule has 0 aliphatic rings. The molecule has 2 rings (SSSR count). The van der Waals surface area contributed by atoms with Crippen molar-refractivity contribution in [2.75, 3.05) is 11.1 Å². The van der Waals surface area contributed by atoms with Gasteiger partial charge in [-0.25, -0.2) is 9.97 Å². The van der Waals surface area contributed by atoms with Crippen molar-refractivity contribution in [1.29, 1.82) is 0 Å². The Balaban J connectivity index is 2.23. The molecule has 0 spiro atoms. The molecule has 0 aromatic carbocycles. The van der Waals surface area contributed by atoms with Crippen molar-refractivity contribution < 1.29 is 0 Å². The van der Waals surface area contributed by atoms with Gasteiger partial charge in [0.25, 0.3) is 0 Å². The van der Waals surface area contributed by atoms with Crippen LogP contribution >= 0.6 is 0 Å². The molecule has 6 nitrogen and oxygen atoms in total. The molecule has 6 heteroatoms. The molecule has 0 fully saturated rings. The predicted octanol–water partition coefficient (Wildman–Crippen LogP) is 0.536. The van der Waals surface area contributed by atoms with Crippen LogP contribution in [0.3, 0.4) is 0 Å². The summed E-state index contributed by atoms with van der Waals surface area (Å²) < 4.78 is 1.69. The van der Waals surface area contributed by atoms with Crippen molar-refractivity contribution >= 4 is 17.3 Å². The summed E-state index contributed by atoms with van der Waals surface area (Å²) in [6.07, 6.45) is 4.81. The fourth-order valence-corrected chi connectivity index (χ4v) is 1.05. The summed E-state index contributed by atoms with van der Waals surface area (Å²) in [5.74, 6) is 1.27. The molecule has 0 atom stereocenters. The molecule has 72 valence electrons. The minimum Gasteiger partial charge on any atom is -0.394 e. The molecular weight excluding hydrogens is 180 g/mol. The maximum atomic E-state index is 5.65. The fourth-order valence-electron chi connectivity index (χ4n) is 1.05. The molecular formula is C8H10N6. The fraction of sp³-hybridized carbons (Fsp3) is 0.125. The topological polar surface area (TPSA) is 81.7 Å². The highest BCUT2D eigenvalue weighted by Gasteiger charge is 2.01. The first-order valence-corrected chi connectivity index (χ1v) is 4.08. The summed E-state index contributed by atoms with van der Waals surface area (Å²) in [6, 6.07) is 1.83. The molecule has 0 aliphatic carbocycles. The van der Waals surface area contributed by atoms with E-state index in [2.05, 4.69) is 20.4 Å². The number of hydrogen-bond acceptors (Lipinski definition) is 5. The monoisotopic (exact) mass is 190 g/mol. The van der Waals surface area contributed by atoms with Gasteiger partial charge in [-0.3, -0.25) is 4.68 Å². The van der Waals surface area contributed by atoms with Crippen molar-refractivity contribution in [3.05, 3.63) is 24.8 Å². The number of anilines is 3. The second-order valence-corrected chi connectivity index (χ2v) is 2.83. The summed E-state index contributed by atoms with van der Waals surface area (Å²) in [4.78, 5) is 7.78. The third kappa shape index (κ3) is 1.63. The van der Waals surface area contributed by atoms with E-state index < -0.39 is 0 Å². The minimum absolute atomic E-state index is 0.498. The highest BCUT2D eigenvalue weighted by Crippen LogP contribution is 2.16. The first-order chi connectivity index (χ1) is 6.75. The zero-order chi connectivity index (χ0) is 9.97. The number of nitrogens with zero attached hydrogens (tertiary/aromatic N) is 4. The smallest absolute Gasteiger partial charge is 0.158 e. The largest absolute Gasteiger partial charge is 0.394 e. The summed E-state index contributed by atoms with van der Waals surface area (Å²) in [7, 11) is 1.84. The van der Waals surface area contributed by atoms with E-state index in [0.29, 0.717) is 17.3 Å². The van der Waals surface area contributed by atoms with Crippen molar-refractivity contribution in [3.8, 4) is 0 Å². The van der Waals surface area contributed by atoms with E-state index >= 15 is 0 Å². The summed E-state index contributed by atoms with van der Waals surface area (Å²) in [6.45, 7) is 0. The lowest BCUT2D eigenvalue weighted by atomic mass is 10.5. The van der Waals surface area contributed by atoms with Crippen LogP contribution in [0.5, 0.6) is 0 Å². The third-order valence-corrected chi connectivity index (χ3v) is 1.70. The zero-order valence-corrected chi connectivity index (χ0v) is 7.68. The molecule has 0 amide bonds. The molecule has 2 heterocycles. The van der Waals surface area contributed by atoms with Gasteiger partial charge < -0.3 is 11.1 Å². The van der Waals surface area contributed by atoms with Crippen molar-refractivity contribution in [2.45, 2.75) is 0 Å². The molecule has 0 saturated carbocycles. The predicted molar refractivity (Wildman–Crippen MR) is 52.9 cm³/mol. The quantitative estimate of drug-likeness (QED) is 0.722. The maximum Gasteiger partial charge on any atom is 0.158 e. The Morgan fingerprint density at radius 2 is 2.36 bits per heavy atom. The van der Waals surface area contributed by atoms with Crippen LogP contribution in [0, 0.1) is 0 Å². The van der Waals surface area contributed by atoms with E-state index in [1.807, 2.05) is 19.3 Å². The zero-order valence-electron chi connectivity index (χ0n) is 7.68. The number of aromatic nitrogens is 4. The second kappa shape index (κ2) is 3.33. The van der Waals surface area contributed by atoms with Gasteiger partial charge in [-0.1, -0.05) is 0 Å². The molecule has 2 aromatic heterocycles. The Labute approximate surface area is 80.8 Å². The lowest BCUT2D eigenvalue weighted by Gasteiger charge is -2.03. The SMILES string of the molecule is Cn1ccc(Nc2ncncc2N)n1. The molecule has 0 saturated heterocycles. The van der Waals surface area contributed by atoms with Crippen LogP contribution < -0.4 is 11.1 Å². The number of aryl methyl sites for hydroxylation is 1. The molecule has 0 unspecified atom stereocenters. The van der Waals surface area contributed by atoms with Crippen LogP contribution in [0.4, 0.5) is 17.3 Å². The van der Waals surface area contributed by atoms with Gasteiger partial charge in [-0.15, -0.1) is 0 Å². The van der Waals surface area contributed by atoms with Crippen molar-refractivity contribution in [1.82, 2.24) is 19.7 Å². The van der Waals surface area contributed by atoms with E-state index in [4.69, 9.17) is 5.73 Å². The Kier molecular flexibility index (Phi) is 2.02. The molecule has 0 radical (unpaired) electrons. The van der Waals surface area contributed by atoms with E-state index in [0.717, 1.165) is 0 Å². The van der Waals surface area contributed by atoms with Gasteiger partial charge in [0.1, 0.15) is 6.33 Å². The van der Waals surface area contributed by atoms with Crippen LogP contribution in [0.2, 0.25) is 0 Å². The van der Waals surface area contributed by atoms with Crippen LogP contribution in [0.25, 0.3) is 0 Å². The number of nitrogen functional groups attached to an aromatic ring is 1. The highest BCUT2D eigenvalue weighted by atomic mass is 15.3. The van der Waals surface area contributed by atoms with Gasteiger partial charge in [0.2, 0.25) is 0 Å². The molecule has 14 heavy (non-hydrogen) atoms. The lowest BCUT2D eigenvalue weighted by molar-refractivity contribution is 0.771. The van der Waals surface area contributed by atoms with E-state index in [1.165, 1.54) is 12.5 Å². The molecule has 2 aromatic rings. The van der Waals surface area contributed by atoms with Gasteiger partial charge in [0.05, 0.1) is 11.9 Å². The first-order valence-electron chi connectivity index (χ1n) is 4.08. The average molecular weight is 190 g/mol. The van der Waals surface area contributed by atoms with Gasteiger partial charge >= 0.3 is 0 Å². The maximum absolute atomic E-state index is 5.65. The summed E-state index contributed by atoms with van der Waals surface area (Å²) in [5.41, 5.74) is 6.15. The Hall–Kier alpha value is -2.11. The summed E-state index contributed by atoms with van der Waals surface area (Å²) in [5, 5.41) is 7.12. The van der Waals surface area contributed by atoms with Crippen LogP contribution in [-0.2, 0) is 7.05 Å². The van der Waals surface area contributed by atoms with E-state index in [1.54, 1.807) is 4.68 Å². The normalized spacial score (nSPS) is 10.1. The average Bonchev–Trinajstić information content (AvgIpc) is 2.56. The first kappa shape index (κ1) is 8.49. The van der Waals surface area contributed by atoms with Gasteiger partial charge in [-0.05, 0) is 0 Å². The summed E-state index contributed by atoms with van der Waals surface area (Å²) >= 11 is 0. The van der Waals surface area contributed by atoms with Gasteiger partial charge in [-0.2, -0.15) is 5.10 Å². The Bertz CT molecular complexity index is 435. The number of hydrogen-bond donors (Lipinski definition) is 2. The van der Waals surface area contributed by atoms with Crippen LogP contribution in [-0.4, -0.2) is 19.7 Å². The van der Waals surface area contributed by atoms with E-state index in [-0.39, 0.29) is 0 Å². The Morgan fingerprint density at radius 3 is 3.00 bits per heavy atom.